The van der Waals surface area contributed by atoms with Crippen molar-refractivity contribution in [2.24, 2.45) is 0 Å². The number of H-pyrrole nitrogens is 1. The fourth-order valence-corrected chi connectivity index (χ4v) is 2.80. The van der Waals surface area contributed by atoms with Gasteiger partial charge in [0.05, 0.1) is 16.6 Å². The Balaban J connectivity index is 1.65. The highest BCUT2D eigenvalue weighted by molar-refractivity contribution is 6.05. The number of nitrogens with one attached hydrogen (secondary N) is 3. The number of anilines is 1. The molecular weight excluding hydrogens is 278 g/mol. The summed E-state index contributed by atoms with van der Waals surface area (Å²) in [6.45, 7) is 1.63. The van der Waals surface area contributed by atoms with Gasteiger partial charge in [-0.25, -0.2) is 4.98 Å². The number of carbonyl (C=O) groups excluding carboxylic acids is 1. The van der Waals surface area contributed by atoms with Crippen LogP contribution >= 0.6 is 0 Å². The lowest BCUT2D eigenvalue weighted by atomic mass is 9.98. The van der Waals surface area contributed by atoms with Gasteiger partial charge in [0, 0.05) is 18.9 Å². The Bertz CT molecular complexity index is 822. The maximum Gasteiger partial charge on any atom is 0.259 e. The molecule has 110 valence electrons. The summed E-state index contributed by atoms with van der Waals surface area (Å²) in [4.78, 5) is 24.2. The van der Waals surface area contributed by atoms with Gasteiger partial charge in [0.1, 0.15) is 0 Å². The van der Waals surface area contributed by atoms with Crippen molar-refractivity contribution in [1.29, 1.82) is 0 Å². The number of amides is 1. The number of aromatic amines is 1. The standard InChI is InChI=1S/C16H15N5O/c22-15(12-9-18-8-10-7-17-6-5-11(10)12)21-16-19-13-3-1-2-4-14(13)20-16/h1-4,8-9,17H,5-7H2,(H2,19,20,21,22). The minimum atomic E-state index is -0.176. The van der Waals surface area contributed by atoms with E-state index in [2.05, 4.69) is 25.6 Å². The molecule has 3 N–H and O–H groups in total. The number of rotatable bonds is 2. The first-order chi connectivity index (χ1) is 10.8. The van der Waals surface area contributed by atoms with Crippen molar-refractivity contribution in [3.63, 3.8) is 0 Å². The molecule has 0 saturated carbocycles. The molecule has 1 aliphatic heterocycles. The summed E-state index contributed by atoms with van der Waals surface area (Å²) < 4.78 is 0. The zero-order valence-electron chi connectivity index (χ0n) is 11.9. The normalized spacial score (nSPS) is 13.8. The first kappa shape index (κ1) is 13.0. The van der Waals surface area contributed by atoms with E-state index < -0.39 is 0 Å². The molecule has 6 nitrogen and oxygen atoms in total. The molecule has 3 heterocycles. The van der Waals surface area contributed by atoms with Gasteiger partial charge < -0.3 is 10.3 Å². The smallest absolute Gasteiger partial charge is 0.259 e. The van der Waals surface area contributed by atoms with E-state index in [4.69, 9.17) is 0 Å². The Kier molecular flexibility index (Phi) is 3.08. The van der Waals surface area contributed by atoms with Crippen LogP contribution in [0.15, 0.2) is 36.7 Å². The van der Waals surface area contributed by atoms with Crippen LogP contribution in [-0.4, -0.2) is 27.4 Å². The van der Waals surface area contributed by atoms with Crippen molar-refractivity contribution in [3.8, 4) is 0 Å². The van der Waals surface area contributed by atoms with Gasteiger partial charge in [-0.15, -0.1) is 0 Å². The molecule has 1 amide bonds. The zero-order valence-corrected chi connectivity index (χ0v) is 11.9. The van der Waals surface area contributed by atoms with Crippen LogP contribution in [0.4, 0.5) is 5.95 Å². The van der Waals surface area contributed by atoms with Crippen LogP contribution in [0.25, 0.3) is 11.0 Å². The molecule has 4 rings (SSSR count). The number of imidazole rings is 1. The number of nitrogens with zero attached hydrogens (tertiary/aromatic N) is 2. The lowest BCUT2D eigenvalue weighted by Gasteiger charge is -2.18. The molecule has 0 unspecified atom stereocenters. The summed E-state index contributed by atoms with van der Waals surface area (Å²) in [5, 5.41) is 6.12. The van der Waals surface area contributed by atoms with E-state index >= 15 is 0 Å². The van der Waals surface area contributed by atoms with Gasteiger partial charge >= 0.3 is 0 Å². The highest BCUT2D eigenvalue weighted by atomic mass is 16.1. The molecule has 1 aromatic carbocycles. The average Bonchev–Trinajstić information content (AvgIpc) is 2.96. The number of benzene rings is 1. The van der Waals surface area contributed by atoms with E-state index in [1.165, 1.54) is 0 Å². The molecule has 0 spiro atoms. The molecule has 3 aromatic rings. The van der Waals surface area contributed by atoms with Gasteiger partial charge in [0.25, 0.3) is 5.91 Å². The van der Waals surface area contributed by atoms with Crippen LogP contribution in [0.1, 0.15) is 21.5 Å². The fourth-order valence-electron chi connectivity index (χ4n) is 2.80. The second kappa shape index (κ2) is 5.23. The largest absolute Gasteiger partial charge is 0.324 e. The van der Waals surface area contributed by atoms with Crippen LogP contribution in [0, 0.1) is 0 Å². The summed E-state index contributed by atoms with van der Waals surface area (Å²) in [6.07, 6.45) is 4.28. The second-order valence-electron chi connectivity index (χ2n) is 5.31. The van der Waals surface area contributed by atoms with Crippen molar-refractivity contribution in [2.75, 3.05) is 11.9 Å². The zero-order chi connectivity index (χ0) is 14.9. The molecule has 1 aliphatic rings. The predicted octanol–water partition coefficient (Wildman–Crippen LogP) is 1.86. The third kappa shape index (κ3) is 2.23. The van der Waals surface area contributed by atoms with E-state index in [1.807, 2.05) is 30.5 Å². The van der Waals surface area contributed by atoms with Crippen molar-refractivity contribution in [2.45, 2.75) is 13.0 Å². The monoisotopic (exact) mass is 293 g/mol. The Morgan fingerprint density at radius 1 is 1.23 bits per heavy atom. The van der Waals surface area contributed by atoms with Crippen molar-refractivity contribution < 1.29 is 4.79 Å². The summed E-state index contributed by atoms with van der Waals surface area (Å²) in [7, 11) is 0. The molecule has 22 heavy (non-hydrogen) atoms. The Morgan fingerprint density at radius 3 is 3.05 bits per heavy atom. The molecule has 0 atom stereocenters. The van der Waals surface area contributed by atoms with Gasteiger partial charge in [0.15, 0.2) is 0 Å². The number of para-hydroxylation sites is 2. The lowest BCUT2D eigenvalue weighted by Crippen LogP contribution is -2.27. The van der Waals surface area contributed by atoms with Crippen molar-refractivity contribution in [3.05, 3.63) is 53.3 Å². The predicted molar refractivity (Wildman–Crippen MR) is 83.7 cm³/mol. The van der Waals surface area contributed by atoms with Gasteiger partial charge in [-0.05, 0) is 36.2 Å². The highest BCUT2D eigenvalue weighted by Gasteiger charge is 2.18. The number of pyridine rings is 1. The maximum atomic E-state index is 12.5. The van der Waals surface area contributed by atoms with E-state index in [1.54, 1.807) is 6.20 Å². The third-order valence-corrected chi connectivity index (χ3v) is 3.88. The van der Waals surface area contributed by atoms with Crippen molar-refractivity contribution in [1.82, 2.24) is 20.3 Å². The highest BCUT2D eigenvalue weighted by Crippen LogP contribution is 2.19. The van der Waals surface area contributed by atoms with Gasteiger partial charge in [0.2, 0.25) is 5.95 Å². The van der Waals surface area contributed by atoms with Gasteiger partial charge in [-0.1, -0.05) is 12.1 Å². The van der Waals surface area contributed by atoms with Crippen LogP contribution in [0.3, 0.4) is 0 Å². The number of aromatic nitrogens is 3. The SMILES string of the molecule is O=C(Nc1nc2ccccc2[nH]1)c1cncc2c1CCNC2. The quantitative estimate of drug-likeness (QED) is 0.673. The minimum absolute atomic E-state index is 0.176. The summed E-state index contributed by atoms with van der Waals surface area (Å²) >= 11 is 0. The lowest BCUT2D eigenvalue weighted by molar-refractivity contribution is 0.102. The molecule has 6 heteroatoms. The molecule has 0 saturated heterocycles. The molecule has 0 fully saturated rings. The molecule has 0 radical (unpaired) electrons. The van der Waals surface area contributed by atoms with Gasteiger partial charge in [-0.2, -0.15) is 0 Å². The summed E-state index contributed by atoms with van der Waals surface area (Å²) in [5.74, 6) is 0.281. The first-order valence-electron chi connectivity index (χ1n) is 7.24. The van der Waals surface area contributed by atoms with Gasteiger partial charge in [-0.3, -0.25) is 15.1 Å². The molecule has 0 aliphatic carbocycles. The molecule has 2 aromatic heterocycles. The summed E-state index contributed by atoms with van der Waals surface area (Å²) in [6, 6.07) is 7.67. The van der Waals surface area contributed by atoms with E-state index in [9.17, 15) is 4.79 Å². The summed E-state index contributed by atoms with van der Waals surface area (Å²) in [5.41, 5.74) is 4.51. The van der Waals surface area contributed by atoms with Crippen LogP contribution < -0.4 is 10.6 Å². The van der Waals surface area contributed by atoms with Crippen LogP contribution in [-0.2, 0) is 13.0 Å². The fraction of sp³-hybridized carbons (Fsp3) is 0.188. The van der Waals surface area contributed by atoms with E-state index in [0.29, 0.717) is 11.5 Å². The van der Waals surface area contributed by atoms with Crippen LogP contribution in [0.2, 0.25) is 0 Å². The number of hydrogen-bond acceptors (Lipinski definition) is 4. The topological polar surface area (TPSA) is 82.7 Å². The average molecular weight is 293 g/mol. The number of hydrogen-bond donors (Lipinski definition) is 3. The Hall–Kier alpha value is -2.73. The number of fused-ring (bicyclic) bond motifs is 2. The first-order valence-corrected chi connectivity index (χ1v) is 7.24. The Labute approximate surface area is 127 Å². The molecular formula is C16H15N5O. The second-order valence-corrected chi connectivity index (χ2v) is 5.31. The van der Waals surface area contributed by atoms with Crippen molar-refractivity contribution >= 4 is 22.9 Å². The van der Waals surface area contributed by atoms with Crippen LogP contribution in [0.5, 0.6) is 0 Å². The van der Waals surface area contributed by atoms with E-state index in [-0.39, 0.29) is 5.91 Å². The molecule has 0 bridgehead atoms. The third-order valence-electron chi connectivity index (χ3n) is 3.88. The Morgan fingerprint density at radius 2 is 2.14 bits per heavy atom. The van der Waals surface area contributed by atoms with E-state index in [0.717, 1.165) is 41.7 Å². The minimum Gasteiger partial charge on any atom is -0.324 e. The number of carbonyl (C=O) groups is 1. The maximum absolute atomic E-state index is 12.5.